The Hall–Kier alpha value is -1.95. The van der Waals surface area contributed by atoms with Crippen LogP contribution in [0.15, 0.2) is 54.6 Å². The van der Waals surface area contributed by atoms with Crippen molar-refractivity contribution in [1.82, 2.24) is 4.90 Å². The fourth-order valence-corrected chi connectivity index (χ4v) is 5.66. The number of carbonyl (C=O) groups is 2. The van der Waals surface area contributed by atoms with Gasteiger partial charge in [-0.1, -0.05) is 71.7 Å². The molecule has 164 valence electrons. The van der Waals surface area contributed by atoms with E-state index in [4.69, 9.17) is 39.5 Å². The van der Waals surface area contributed by atoms with Crippen LogP contribution in [0.4, 0.5) is 10.5 Å². The van der Waals surface area contributed by atoms with Gasteiger partial charge in [-0.3, -0.25) is 9.69 Å². The second-order valence-electron chi connectivity index (χ2n) is 8.88. The van der Waals surface area contributed by atoms with Gasteiger partial charge in [0.2, 0.25) is 4.33 Å². The molecule has 2 aliphatic rings. The average molecular weight is 482 g/mol. The van der Waals surface area contributed by atoms with Gasteiger partial charge in [0.15, 0.2) is 0 Å². The van der Waals surface area contributed by atoms with E-state index in [1.165, 1.54) is 4.90 Å². The number of carbonyl (C=O) groups excluding carboxylic acids is 2. The summed E-state index contributed by atoms with van der Waals surface area (Å²) in [6.45, 7) is 5.68. The van der Waals surface area contributed by atoms with Crippen LogP contribution >= 0.6 is 34.8 Å². The van der Waals surface area contributed by atoms with Crippen molar-refractivity contribution in [1.29, 1.82) is 0 Å². The van der Waals surface area contributed by atoms with Crippen LogP contribution < -0.4 is 4.90 Å². The number of benzene rings is 2. The highest BCUT2D eigenvalue weighted by atomic mass is 35.5. The lowest BCUT2D eigenvalue weighted by atomic mass is 9.91. The maximum Gasteiger partial charge on any atom is 0.415 e. The van der Waals surface area contributed by atoms with Gasteiger partial charge < -0.3 is 9.64 Å². The van der Waals surface area contributed by atoms with Crippen molar-refractivity contribution in [2.24, 2.45) is 0 Å². The Morgan fingerprint density at radius 3 is 2.35 bits per heavy atom. The minimum absolute atomic E-state index is 0.0653. The van der Waals surface area contributed by atoms with Gasteiger partial charge in [-0.2, -0.15) is 0 Å². The molecule has 2 aromatic rings. The number of fused-ring (bicyclic) bond motifs is 1. The van der Waals surface area contributed by atoms with Crippen LogP contribution in [-0.4, -0.2) is 38.9 Å². The van der Waals surface area contributed by atoms with Gasteiger partial charge in [0.05, 0.1) is 17.6 Å². The van der Waals surface area contributed by atoms with Crippen LogP contribution in [-0.2, 0) is 16.1 Å². The van der Waals surface area contributed by atoms with Gasteiger partial charge in [0.1, 0.15) is 11.1 Å². The summed E-state index contributed by atoms with van der Waals surface area (Å²) in [4.78, 5) is 29.7. The van der Waals surface area contributed by atoms with Crippen LogP contribution in [0.3, 0.4) is 0 Å². The Bertz CT molecular complexity index is 1020. The van der Waals surface area contributed by atoms with Gasteiger partial charge in [-0.25, -0.2) is 4.79 Å². The minimum atomic E-state index is -1.97. The third kappa shape index (κ3) is 3.47. The van der Waals surface area contributed by atoms with Crippen LogP contribution in [0.25, 0.3) is 0 Å². The molecule has 2 atom stereocenters. The summed E-state index contributed by atoms with van der Waals surface area (Å²) in [5.41, 5.74) is -0.0600. The molecule has 2 aliphatic heterocycles. The standard InChI is InChI=1S/C23H23Cl3N2O3/c1-21(2,3)31-20(30)28-17-12-8-7-11-16(17)18(24)22(28)14-27(19(29)23(22,25)26)13-15-9-5-4-6-10-15/h4-12,18H,13-14H2,1-3H3. The molecule has 2 heterocycles. The Balaban J connectivity index is 1.81. The lowest BCUT2D eigenvalue weighted by molar-refractivity contribution is -0.128. The molecule has 2 aromatic carbocycles. The average Bonchev–Trinajstić information content (AvgIpc) is 3.06. The van der Waals surface area contributed by atoms with Crippen molar-refractivity contribution in [2.45, 2.75) is 48.2 Å². The van der Waals surface area contributed by atoms with Gasteiger partial charge in [-0.05, 0) is 38.0 Å². The summed E-state index contributed by atoms with van der Waals surface area (Å²) in [6, 6.07) is 16.7. The van der Waals surface area contributed by atoms with Crippen molar-refractivity contribution < 1.29 is 14.3 Å². The number of para-hydroxylation sites is 1. The fraction of sp³-hybridized carbons (Fsp3) is 0.391. The number of ether oxygens (including phenoxy) is 1. The summed E-state index contributed by atoms with van der Waals surface area (Å²) >= 11 is 20.5. The number of alkyl halides is 3. The first-order chi connectivity index (χ1) is 14.5. The van der Waals surface area contributed by atoms with Crippen LogP contribution in [0.5, 0.6) is 0 Å². The molecule has 0 N–H and O–H groups in total. The number of halogens is 3. The molecule has 8 heteroatoms. The maximum atomic E-state index is 13.4. The third-order valence-electron chi connectivity index (χ3n) is 5.59. The highest BCUT2D eigenvalue weighted by Crippen LogP contribution is 2.61. The molecule has 0 aliphatic carbocycles. The molecule has 0 bridgehead atoms. The van der Waals surface area contributed by atoms with E-state index in [0.29, 0.717) is 17.8 Å². The molecule has 1 spiro atoms. The zero-order valence-electron chi connectivity index (χ0n) is 17.4. The van der Waals surface area contributed by atoms with E-state index in [2.05, 4.69) is 0 Å². The van der Waals surface area contributed by atoms with E-state index in [1.807, 2.05) is 42.5 Å². The van der Waals surface area contributed by atoms with Crippen LogP contribution in [0.1, 0.15) is 37.3 Å². The number of rotatable bonds is 2. The summed E-state index contributed by atoms with van der Waals surface area (Å²) in [7, 11) is 0. The molecule has 31 heavy (non-hydrogen) atoms. The Labute approximate surface area is 196 Å². The lowest BCUT2D eigenvalue weighted by Crippen LogP contribution is -2.62. The van der Waals surface area contributed by atoms with Crippen LogP contribution in [0, 0.1) is 0 Å². The number of nitrogens with zero attached hydrogens (tertiary/aromatic N) is 2. The molecule has 5 nitrogen and oxygen atoms in total. The summed E-state index contributed by atoms with van der Waals surface area (Å²) in [5.74, 6) is -0.494. The molecule has 4 rings (SSSR count). The van der Waals surface area contributed by atoms with Gasteiger partial charge in [-0.15, -0.1) is 11.6 Å². The minimum Gasteiger partial charge on any atom is -0.443 e. The topological polar surface area (TPSA) is 49.9 Å². The van der Waals surface area contributed by atoms with E-state index < -0.39 is 32.9 Å². The summed E-state index contributed by atoms with van der Waals surface area (Å²) in [5, 5.41) is -0.809. The second kappa shape index (κ2) is 7.58. The molecular weight excluding hydrogens is 459 g/mol. The van der Waals surface area contributed by atoms with Gasteiger partial charge >= 0.3 is 6.09 Å². The maximum absolute atomic E-state index is 13.4. The number of hydrogen-bond acceptors (Lipinski definition) is 3. The van der Waals surface area contributed by atoms with Crippen molar-refractivity contribution in [3.05, 3.63) is 65.7 Å². The zero-order valence-corrected chi connectivity index (χ0v) is 19.7. The van der Waals surface area contributed by atoms with E-state index >= 15 is 0 Å². The smallest absolute Gasteiger partial charge is 0.415 e. The third-order valence-corrected chi connectivity index (χ3v) is 7.17. The highest BCUT2D eigenvalue weighted by molar-refractivity contribution is 6.60. The molecule has 0 aromatic heterocycles. The van der Waals surface area contributed by atoms with Crippen LogP contribution in [0.2, 0.25) is 0 Å². The van der Waals surface area contributed by atoms with Crippen molar-refractivity contribution >= 4 is 52.5 Å². The Morgan fingerprint density at radius 2 is 1.71 bits per heavy atom. The summed E-state index contributed by atoms with van der Waals surface area (Å²) in [6.07, 6.45) is -0.650. The highest BCUT2D eigenvalue weighted by Gasteiger charge is 2.73. The Kier molecular flexibility index (Phi) is 5.44. The molecule has 0 saturated carbocycles. The first kappa shape index (κ1) is 22.3. The molecule has 1 fully saturated rings. The number of hydrogen-bond donors (Lipinski definition) is 0. The predicted molar refractivity (Wildman–Crippen MR) is 123 cm³/mol. The lowest BCUT2D eigenvalue weighted by Gasteiger charge is -2.41. The van der Waals surface area contributed by atoms with E-state index in [0.717, 1.165) is 5.56 Å². The molecule has 2 unspecified atom stereocenters. The molecule has 1 saturated heterocycles. The predicted octanol–water partition coefficient (Wildman–Crippen LogP) is 5.68. The monoisotopic (exact) mass is 480 g/mol. The van der Waals surface area contributed by atoms with Crippen molar-refractivity contribution in [2.75, 3.05) is 11.4 Å². The number of amides is 2. The largest absolute Gasteiger partial charge is 0.443 e. The Morgan fingerprint density at radius 1 is 1.10 bits per heavy atom. The number of anilines is 1. The number of likely N-dealkylation sites (tertiary alicyclic amines) is 1. The first-order valence-corrected chi connectivity index (χ1v) is 11.2. The van der Waals surface area contributed by atoms with Gasteiger partial charge in [0, 0.05) is 6.54 Å². The molecule has 2 amide bonds. The van der Waals surface area contributed by atoms with E-state index in [9.17, 15) is 9.59 Å². The second-order valence-corrected chi connectivity index (χ2v) is 10.6. The summed E-state index contributed by atoms with van der Waals surface area (Å²) < 4.78 is 3.71. The first-order valence-electron chi connectivity index (χ1n) is 9.96. The fourth-order valence-electron chi connectivity index (χ4n) is 4.29. The van der Waals surface area contributed by atoms with E-state index in [-0.39, 0.29) is 6.54 Å². The molecular formula is C23H23Cl3N2O3. The molecule has 0 radical (unpaired) electrons. The van der Waals surface area contributed by atoms with E-state index in [1.54, 1.807) is 37.8 Å². The normalized spacial score (nSPS) is 24.6. The van der Waals surface area contributed by atoms with Crippen molar-refractivity contribution in [3.8, 4) is 0 Å². The van der Waals surface area contributed by atoms with Crippen molar-refractivity contribution in [3.63, 3.8) is 0 Å². The quantitative estimate of drug-likeness (QED) is 0.519. The van der Waals surface area contributed by atoms with Gasteiger partial charge in [0.25, 0.3) is 5.91 Å². The SMILES string of the molecule is CC(C)(C)OC(=O)N1c2ccccc2C(Cl)C12CN(Cc1ccccc1)C(=O)C2(Cl)Cl. The zero-order chi connectivity index (χ0) is 22.6.